The second kappa shape index (κ2) is 8.19. The molecule has 0 atom stereocenters. The zero-order valence-electron chi connectivity index (χ0n) is 15.9. The van der Waals surface area contributed by atoms with Gasteiger partial charge in [-0.3, -0.25) is 14.2 Å². The van der Waals surface area contributed by atoms with Crippen LogP contribution in [-0.4, -0.2) is 21.2 Å². The fourth-order valence-electron chi connectivity index (χ4n) is 2.80. The molecule has 5 nitrogen and oxygen atoms in total. The first-order valence-corrected chi connectivity index (χ1v) is 10.5. The zero-order chi connectivity index (χ0) is 21.3. The largest absolute Gasteiger partial charge is 0.416 e. The van der Waals surface area contributed by atoms with Crippen molar-refractivity contribution in [2.75, 3.05) is 11.1 Å². The van der Waals surface area contributed by atoms with Crippen molar-refractivity contribution in [1.29, 1.82) is 0 Å². The van der Waals surface area contributed by atoms with E-state index in [-0.39, 0.29) is 17.0 Å². The summed E-state index contributed by atoms with van der Waals surface area (Å²) in [4.78, 5) is 31.2. The Hall–Kier alpha value is -2.33. The number of fused-ring (bicyclic) bond motifs is 1. The van der Waals surface area contributed by atoms with Gasteiger partial charge in [0.25, 0.3) is 5.56 Å². The van der Waals surface area contributed by atoms with E-state index >= 15 is 0 Å². The molecule has 10 heteroatoms. The molecule has 0 aliphatic carbocycles. The molecule has 1 amide bonds. The van der Waals surface area contributed by atoms with Crippen LogP contribution >= 0.6 is 23.1 Å². The summed E-state index contributed by atoms with van der Waals surface area (Å²) in [5, 5.41) is 3.45. The van der Waals surface area contributed by atoms with Crippen LogP contribution in [0.1, 0.15) is 22.9 Å². The van der Waals surface area contributed by atoms with Crippen molar-refractivity contribution < 1.29 is 18.0 Å². The minimum Gasteiger partial charge on any atom is -0.325 e. The van der Waals surface area contributed by atoms with E-state index in [2.05, 4.69) is 10.3 Å². The van der Waals surface area contributed by atoms with Crippen LogP contribution < -0.4 is 10.9 Å². The minimum atomic E-state index is -4.48. The van der Waals surface area contributed by atoms with Gasteiger partial charge in [0.15, 0.2) is 5.16 Å². The average Bonchev–Trinajstić information content (AvgIpc) is 2.93. The van der Waals surface area contributed by atoms with Crippen molar-refractivity contribution in [2.24, 2.45) is 0 Å². The molecule has 0 radical (unpaired) electrons. The van der Waals surface area contributed by atoms with Crippen LogP contribution in [0.2, 0.25) is 0 Å². The monoisotopic (exact) mass is 441 g/mol. The Bertz CT molecular complexity index is 1140. The van der Waals surface area contributed by atoms with Crippen molar-refractivity contribution in [2.45, 2.75) is 38.6 Å². The fraction of sp³-hybridized carbons (Fsp3) is 0.316. The molecule has 1 N–H and O–H groups in total. The number of nitrogens with zero attached hydrogens (tertiary/aromatic N) is 2. The van der Waals surface area contributed by atoms with E-state index in [1.165, 1.54) is 28.0 Å². The third-order valence-corrected chi connectivity index (χ3v) is 6.45. The molecule has 0 bridgehead atoms. The maximum atomic E-state index is 12.8. The molecule has 3 rings (SSSR count). The maximum absolute atomic E-state index is 12.8. The smallest absolute Gasteiger partial charge is 0.325 e. The van der Waals surface area contributed by atoms with Gasteiger partial charge in [-0.15, -0.1) is 11.3 Å². The standard InChI is InChI=1S/C19H18F3N3O2S2/c1-4-25-17(27)15-10(2)11(3)29-16(15)24-18(25)28-9-14(26)23-13-7-5-6-12(8-13)19(20,21)22/h5-8H,4,9H2,1-3H3,(H,23,26). The van der Waals surface area contributed by atoms with Crippen LogP contribution in [0.5, 0.6) is 0 Å². The van der Waals surface area contributed by atoms with Gasteiger partial charge in [0.05, 0.1) is 16.7 Å². The second-order valence-electron chi connectivity index (χ2n) is 6.32. The lowest BCUT2D eigenvalue weighted by molar-refractivity contribution is -0.137. The summed E-state index contributed by atoms with van der Waals surface area (Å²) in [6.45, 7) is 6.02. The number of carbonyl (C=O) groups excluding carboxylic acids is 1. The van der Waals surface area contributed by atoms with Gasteiger partial charge in [0, 0.05) is 17.1 Å². The number of hydrogen-bond acceptors (Lipinski definition) is 5. The predicted molar refractivity (Wildman–Crippen MR) is 110 cm³/mol. The van der Waals surface area contributed by atoms with E-state index in [0.29, 0.717) is 21.9 Å². The number of nitrogens with one attached hydrogen (secondary N) is 1. The molecule has 0 spiro atoms. The highest BCUT2D eigenvalue weighted by Crippen LogP contribution is 2.31. The van der Waals surface area contributed by atoms with Gasteiger partial charge in [0.2, 0.25) is 5.91 Å². The van der Waals surface area contributed by atoms with Crippen LogP contribution in [0.25, 0.3) is 10.2 Å². The number of aromatic nitrogens is 2. The molecule has 0 unspecified atom stereocenters. The van der Waals surface area contributed by atoms with Gasteiger partial charge < -0.3 is 5.32 Å². The third kappa shape index (κ3) is 4.48. The number of anilines is 1. The molecule has 0 saturated carbocycles. The predicted octanol–water partition coefficient (Wildman–Crippen LogP) is 4.84. The van der Waals surface area contributed by atoms with Crippen molar-refractivity contribution in [3.63, 3.8) is 0 Å². The number of aryl methyl sites for hydroxylation is 2. The summed E-state index contributed by atoms with van der Waals surface area (Å²) in [7, 11) is 0. The van der Waals surface area contributed by atoms with E-state index in [1.54, 1.807) is 0 Å². The summed E-state index contributed by atoms with van der Waals surface area (Å²) < 4.78 is 39.9. The summed E-state index contributed by atoms with van der Waals surface area (Å²) in [5.74, 6) is -0.567. The number of benzene rings is 1. The third-order valence-electron chi connectivity index (χ3n) is 4.38. The Balaban J connectivity index is 1.79. The van der Waals surface area contributed by atoms with Crippen LogP contribution in [0.3, 0.4) is 0 Å². The maximum Gasteiger partial charge on any atom is 0.416 e. The molecule has 0 saturated heterocycles. The van der Waals surface area contributed by atoms with Crippen molar-refractivity contribution in [3.8, 4) is 0 Å². The van der Waals surface area contributed by atoms with Crippen LogP contribution in [-0.2, 0) is 17.5 Å². The number of rotatable bonds is 5. The number of thiophene rings is 1. The summed E-state index contributed by atoms with van der Waals surface area (Å²) in [6, 6.07) is 4.44. The Kier molecular flexibility index (Phi) is 6.04. The van der Waals surface area contributed by atoms with Crippen molar-refractivity contribution in [1.82, 2.24) is 9.55 Å². The highest BCUT2D eigenvalue weighted by atomic mass is 32.2. The molecule has 1 aromatic carbocycles. The summed E-state index contributed by atoms with van der Waals surface area (Å²) >= 11 is 2.50. The lowest BCUT2D eigenvalue weighted by Crippen LogP contribution is -2.23. The highest BCUT2D eigenvalue weighted by molar-refractivity contribution is 7.99. The highest BCUT2D eigenvalue weighted by Gasteiger charge is 2.30. The van der Waals surface area contributed by atoms with Crippen molar-refractivity contribution >= 4 is 44.9 Å². The van der Waals surface area contributed by atoms with Gasteiger partial charge in [-0.2, -0.15) is 13.2 Å². The number of carbonyl (C=O) groups is 1. The lowest BCUT2D eigenvalue weighted by atomic mass is 10.2. The lowest BCUT2D eigenvalue weighted by Gasteiger charge is -2.11. The second-order valence-corrected chi connectivity index (χ2v) is 8.47. The Morgan fingerprint density at radius 1 is 1.31 bits per heavy atom. The number of halogens is 3. The number of amides is 1. The first kappa shape index (κ1) is 21.4. The number of alkyl halides is 3. The molecular weight excluding hydrogens is 423 g/mol. The van der Waals surface area contributed by atoms with Gasteiger partial charge in [-0.1, -0.05) is 17.8 Å². The van der Waals surface area contributed by atoms with Crippen molar-refractivity contribution in [3.05, 3.63) is 50.6 Å². The molecule has 0 aliphatic rings. The Morgan fingerprint density at radius 3 is 2.69 bits per heavy atom. The zero-order valence-corrected chi connectivity index (χ0v) is 17.5. The topological polar surface area (TPSA) is 64.0 Å². The molecule has 29 heavy (non-hydrogen) atoms. The van der Waals surface area contributed by atoms with E-state index in [1.807, 2.05) is 20.8 Å². The quantitative estimate of drug-likeness (QED) is 0.454. The SMILES string of the molecule is CCn1c(SCC(=O)Nc2cccc(C(F)(F)F)c2)nc2sc(C)c(C)c2c1=O. The van der Waals surface area contributed by atoms with Gasteiger partial charge in [-0.05, 0) is 44.5 Å². The molecule has 2 aromatic heterocycles. The first-order valence-electron chi connectivity index (χ1n) is 8.72. The van der Waals surface area contributed by atoms with Gasteiger partial charge in [0.1, 0.15) is 4.83 Å². The molecule has 0 aliphatic heterocycles. The van der Waals surface area contributed by atoms with E-state index < -0.39 is 17.6 Å². The van der Waals surface area contributed by atoms with Crippen LogP contribution in [0.4, 0.5) is 18.9 Å². The number of thioether (sulfide) groups is 1. The summed E-state index contributed by atoms with van der Waals surface area (Å²) in [6.07, 6.45) is -4.48. The fourth-order valence-corrected chi connectivity index (χ4v) is 4.73. The van der Waals surface area contributed by atoms with E-state index in [4.69, 9.17) is 0 Å². The molecule has 2 heterocycles. The molecule has 0 fully saturated rings. The Labute approximate surface area is 173 Å². The van der Waals surface area contributed by atoms with Crippen LogP contribution in [0, 0.1) is 13.8 Å². The van der Waals surface area contributed by atoms with Gasteiger partial charge >= 0.3 is 6.18 Å². The summed E-state index contributed by atoms with van der Waals surface area (Å²) in [5.41, 5.74) is -0.0202. The normalized spacial score (nSPS) is 11.8. The number of hydrogen-bond donors (Lipinski definition) is 1. The van der Waals surface area contributed by atoms with E-state index in [0.717, 1.165) is 34.3 Å². The molecule has 3 aromatic rings. The molecule has 154 valence electrons. The Morgan fingerprint density at radius 2 is 2.03 bits per heavy atom. The molecular formula is C19H18F3N3O2S2. The average molecular weight is 442 g/mol. The van der Waals surface area contributed by atoms with E-state index in [9.17, 15) is 22.8 Å². The first-order chi connectivity index (χ1) is 13.6. The van der Waals surface area contributed by atoms with Gasteiger partial charge in [-0.25, -0.2) is 4.98 Å². The minimum absolute atomic E-state index is 0.0613. The van der Waals surface area contributed by atoms with Crippen LogP contribution in [0.15, 0.2) is 34.2 Å².